The van der Waals surface area contributed by atoms with Gasteiger partial charge in [0, 0.05) is 24.2 Å². The number of carboxylic acids is 1. The zero-order valence-electron chi connectivity index (χ0n) is 13.3. The van der Waals surface area contributed by atoms with E-state index in [-0.39, 0.29) is 5.82 Å². The van der Waals surface area contributed by atoms with Gasteiger partial charge in [-0.2, -0.15) is 13.2 Å². The first-order valence-electron chi connectivity index (χ1n) is 7.65. The van der Waals surface area contributed by atoms with Crippen LogP contribution in [0.25, 0.3) is 0 Å². The van der Waals surface area contributed by atoms with Crippen LogP contribution in [0.15, 0.2) is 18.2 Å². The van der Waals surface area contributed by atoms with Crippen LogP contribution in [-0.4, -0.2) is 43.4 Å². The molecule has 0 atom stereocenters. The van der Waals surface area contributed by atoms with Gasteiger partial charge < -0.3 is 15.3 Å². The van der Waals surface area contributed by atoms with Crippen molar-refractivity contribution in [1.29, 1.82) is 0 Å². The number of anilines is 1. The Kier molecular flexibility index (Phi) is 5.37. The second-order valence-electron chi connectivity index (χ2n) is 6.34. The number of hydrogen-bond donors (Lipinski definition) is 2. The molecule has 2 fully saturated rings. The molecule has 8 heteroatoms. The summed E-state index contributed by atoms with van der Waals surface area (Å²) in [5.74, 6) is -2.88. The van der Waals surface area contributed by atoms with Crippen molar-refractivity contribution in [1.82, 2.24) is 5.32 Å². The van der Waals surface area contributed by atoms with Crippen molar-refractivity contribution in [3.63, 3.8) is 0 Å². The van der Waals surface area contributed by atoms with E-state index < -0.39 is 12.1 Å². The number of aliphatic carboxylic acids is 1. The molecule has 3 rings (SSSR count). The highest BCUT2D eigenvalue weighted by atomic mass is 19.4. The minimum atomic E-state index is -5.08. The van der Waals surface area contributed by atoms with Crippen LogP contribution in [0, 0.1) is 18.2 Å². The first-order chi connectivity index (χ1) is 11.1. The summed E-state index contributed by atoms with van der Waals surface area (Å²) in [6.07, 6.45) is -2.56. The van der Waals surface area contributed by atoms with Gasteiger partial charge >= 0.3 is 12.1 Å². The van der Waals surface area contributed by atoms with Crippen LogP contribution < -0.4 is 10.2 Å². The van der Waals surface area contributed by atoms with Crippen LogP contribution in [0.1, 0.15) is 18.4 Å². The van der Waals surface area contributed by atoms with Crippen molar-refractivity contribution < 1.29 is 27.5 Å². The van der Waals surface area contributed by atoms with Crippen molar-refractivity contribution in [2.24, 2.45) is 5.41 Å². The van der Waals surface area contributed by atoms with Crippen molar-refractivity contribution in [3.8, 4) is 0 Å². The average Bonchev–Trinajstić information content (AvgIpc) is 2.48. The molecule has 0 radical (unpaired) electrons. The summed E-state index contributed by atoms with van der Waals surface area (Å²) < 4.78 is 45.0. The highest BCUT2D eigenvalue weighted by molar-refractivity contribution is 5.73. The smallest absolute Gasteiger partial charge is 0.475 e. The quantitative estimate of drug-likeness (QED) is 0.766. The van der Waals surface area contributed by atoms with Crippen LogP contribution in [0.4, 0.5) is 23.2 Å². The molecule has 2 aliphatic rings. The maximum atomic E-state index is 13.3. The number of alkyl halides is 3. The molecular formula is C16H20F4N2O2. The van der Waals surface area contributed by atoms with Gasteiger partial charge in [0.1, 0.15) is 5.82 Å². The molecule has 134 valence electrons. The van der Waals surface area contributed by atoms with E-state index in [9.17, 15) is 17.6 Å². The minimum absolute atomic E-state index is 0.128. The summed E-state index contributed by atoms with van der Waals surface area (Å²) in [6, 6.07) is 5.08. The molecule has 0 bridgehead atoms. The van der Waals surface area contributed by atoms with Gasteiger partial charge in [0.15, 0.2) is 0 Å². The Morgan fingerprint density at radius 3 is 2.29 bits per heavy atom. The molecule has 0 unspecified atom stereocenters. The van der Waals surface area contributed by atoms with Crippen molar-refractivity contribution >= 4 is 11.7 Å². The fraction of sp³-hybridized carbons (Fsp3) is 0.562. The lowest BCUT2D eigenvalue weighted by Gasteiger charge is -2.54. The van der Waals surface area contributed by atoms with E-state index in [0.717, 1.165) is 31.9 Å². The van der Waals surface area contributed by atoms with Crippen molar-refractivity contribution in [3.05, 3.63) is 29.6 Å². The maximum Gasteiger partial charge on any atom is 0.490 e. The molecular weight excluding hydrogens is 328 g/mol. The van der Waals surface area contributed by atoms with E-state index in [4.69, 9.17) is 9.90 Å². The zero-order valence-corrected chi connectivity index (χ0v) is 13.3. The van der Waals surface area contributed by atoms with Crippen LogP contribution in [0.5, 0.6) is 0 Å². The first-order valence-corrected chi connectivity index (χ1v) is 7.65. The Morgan fingerprint density at radius 2 is 1.79 bits per heavy atom. The molecule has 1 aromatic carbocycles. The normalized spacial score (nSPS) is 19.3. The molecule has 0 aliphatic carbocycles. The average molecular weight is 348 g/mol. The number of halogens is 4. The topological polar surface area (TPSA) is 52.6 Å². The predicted octanol–water partition coefficient (Wildman–Crippen LogP) is 2.96. The number of piperidine rings is 1. The summed E-state index contributed by atoms with van der Waals surface area (Å²) in [5.41, 5.74) is 2.76. The van der Waals surface area contributed by atoms with Crippen LogP contribution in [0.2, 0.25) is 0 Å². The number of carboxylic acid groups (broad SMARTS) is 1. The molecule has 24 heavy (non-hydrogen) atoms. The number of hydrogen-bond acceptors (Lipinski definition) is 3. The monoisotopic (exact) mass is 348 g/mol. The van der Waals surface area contributed by atoms with Crippen molar-refractivity contribution in [2.75, 3.05) is 31.1 Å². The summed E-state index contributed by atoms with van der Waals surface area (Å²) in [4.78, 5) is 11.2. The van der Waals surface area contributed by atoms with E-state index in [2.05, 4.69) is 17.1 Å². The molecule has 0 saturated carbocycles. The van der Waals surface area contributed by atoms with Gasteiger partial charge in [-0.1, -0.05) is 6.07 Å². The van der Waals surface area contributed by atoms with Crippen LogP contribution >= 0.6 is 0 Å². The van der Waals surface area contributed by atoms with Crippen LogP contribution in [0.3, 0.4) is 0 Å². The molecule has 2 heterocycles. The molecule has 4 nitrogen and oxygen atoms in total. The molecule has 2 N–H and O–H groups in total. The van der Waals surface area contributed by atoms with Crippen molar-refractivity contribution in [2.45, 2.75) is 25.9 Å². The van der Waals surface area contributed by atoms with Gasteiger partial charge in [-0.15, -0.1) is 0 Å². The molecule has 2 saturated heterocycles. The summed E-state index contributed by atoms with van der Waals surface area (Å²) in [6.45, 7) is 6.52. The highest BCUT2D eigenvalue weighted by Gasteiger charge is 2.43. The molecule has 1 spiro atoms. The fourth-order valence-electron chi connectivity index (χ4n) is 3.13. The predicted molar refractivity (Wildman–Crippen MR) is 81.6 cm³/mol. The zero-order chi connectivity index (χ0) is 18.0. The second kappa shape index (κ2) is 6.96. The van der Waals surface area contributed by atoms with Gasteiger partial charge in [-0.3, -0.25) is 0 Å². The number of rotatable bonds is 1. The Balaban J connectivity index is 0.000000256. The lowest BCUT2D eigenvalue weighted by Crippen LogP contribution is -2.60. The number of benzene rings is 1. The highest BCUT2D eigenvalue weighted by Crippen LogP contribution is 2.42. The Hall–Kier alpha value is -1.83. The summed E-state index contributed by atoms with van der Waals surface area (Å²) in [7, 11) is 0. The lowest BCUT2D eigenvalue weighted by atomic mass is 9.72. The van der Waals surface area contributed by atoms with Crippen LogP contribution in [-0.2, 0) is 4.79 Å². The lowest BCUT2D eigenvalue weighted by molar-refractivity contribution is -0.192. The molecule has 0 amide bonds. The second-order valence-corrected chi connectivity index (χ2v) is 6.34. The van der Waals surface area contributed by atoms with Gasteiger partial charge in [0.05, 0.1) is 0 Å². The van der Waals surface area contributed by atoms with E-state index in [0.29, 0.717) is 5.41 Å². The third-order valence-electron chi connectivity index (χ3n) is 4.47. The fourth-order valence-corrected chi connectivity index (χ4v) is 3.13. The van der Waals surface area contributed by atoms with Gasteiger partial charge in [-0.25, -0.2) is 9.18 Å². The van der Waals surface area contributed by atoms with E-state index >= 15 is 0 Å². The van der Waals surface area contributed by atoms with E-state index in [1.165, 1.54) is 18.4 Å². The number of nitrogens with zero attached hydrogens (tertiary/aromatic N) is 1. The van der Waals surface area contributed by atoms with E-state index in [1.807, 2.05) is 6.07 Å². The number of nitrogens with one attached hydrogen (secondary N) is 1. The third kappa shape index (κ3) is 4.37. The van der Waals surface area contributed by atoms with Gasteiger partial charge in [0.25, 0.3) is 0 Å². The maximum absolute atomic E-state index is 13.3. The summed E-state index contributed by atoms with van der Waals surface area (Å²) in [5, 5.41) is 10.5. The third-order valence-corrected chi connectivity index (χ3v) is 4.47. The Labute approximate surface area is 137 Å². The Morgan fingerprint density at radius 1 is 1.25 bits per heavy atom. The van der Waals surface area contributed by atoms with Gasteiger partial charge in [0.2, 0.25) is 0 Å². The minimum Gasteiger partial charge on any atom is -0.475 e. The largest absolute Gasteiger partial charge is 0.490 e. The molecule has 1 aromatic rings. The molecule has 0 aromatic heterocycles. The standard InChI is InChI=1S/C14H19FN2.C2HF3O2/c1-11-2-3-12(15)8-13(11)17-9-14(10-17)4-6-16-7-5-14;3-2(4,5)1(6)7/h2-3,8,16H,4-7,9-10H2,1H3;(H,6,7). The molecule has 2 aliphatic heterocycles. The van der Waals surface area contributed by atoms with E-state index in [1.54, 1.807) is 12.1 Å². The van der Waals surface area contributed by atoms with Gasteiger partial charge in [-0.05, 0) is 50.6 Å². The number of carbonyl (C=O) groups is 1. The first kappa shape index (κ1) is 18.5. The number of aryl methyl sites for hydroxylation is 1. The SMILES string of the molecule is Cc1ccc(F)cc1N1CC2(CCNCC2)C1.O=C(O)C(F)(F)F. The Bertz CT molecular complexity index is 590. The summed E-state index contributed by atoms with van der Waals surface area (Å²) >= 11 is 0.